The maximum absolute atomic E-state index is 14.1. The number of carboxylic acid groups (broad SMARTS) is 1. The number of hydrogen-bond donors (Lipinski definition) is 1. The Bertz CT molecular complexity index is 1680. The predicted octanol–water partition coefficient (Wildman–Crippen LogP) is 7.42. The van der Waals surface area contributed by atoms with Crippen molar-refractivity contribution in [2.24, 2.45) is 0 Å². The van der Waals surface area contributed by atoms with Crippen molar-refractivity contribution in [1.29, 1.82) is 0 Å². The maximum Gasteiger partial charge on any atom is 0.318 e. The van der Waals surface area contributed by atoms with E-state index in [4.69, 9.17) is 42.1 Å². The van der Waals surface area contributed by atoms with Crippen molar-refractivity contribution in [3.05, 3.63) is 105 Å². The Labute approximate surface area is 267 Å². The van der Waals surface area contributed by atoms with Crippen LogP contribution in [0.3, 0.4) is 0 Å². The van der Waals surface area contributed by atoms with Crippen molar-refractivity contribution in [3.8, 4) is 28.7 Å². The third kappa shape index (κ3) is 8.33. The van der Waals surface area contributed by atoms with E-state index in [2.05, 4.69) is 15.9 Å². The van der Waals surface area contributed by atoms with Crippen LogP contribution < -0.4 is 18.9 Å². The summed E-state index contributed by atoms with van der Waals surface area (Å²) in [4.78, 5) is 11.5. The Morgan fingerprint density at radius 2 is 1.37 bits per heavy atom. The molecule has 0 aliphatic rings. The summed E-state index contributed by atoms with van der Waals surface area (Å²) in [6, 6.07) is 21.0. The zero-order valence-corrected chi connectivity index (χ0v) is 26.8. The number of rotatable bonds is 13. The predicted molar refractivity (Wildman–Crippen MR) is 166 cm³/mol. The first-order chi connectivity index (χ1) is 20.5. The van der Waals surface area contributed by atoms with Gasteiger partial charge in [-0.05, 0) is 59.7 Å². The van der Waals surface area contributed by atoms with E-state index in [-0.39, 0.29) is 45.3 Å². The minimum atomic E-state index is -4.47. The Balaban J connectivity index is 1.75. The van der Waals surface area contributed by atoms with Crippen molar-refractivity contribution < 1.29 is 37.3 Å². The van der Waals surface area contributed by atoms with Gasteiger partial charge >= 0.3 is 5.97 Å². The van der Waals surface area contributed by atoms with Gasteiger partial charge in [0.25, 0.3) is 0 Å². The highest BCUT2D eigenvalue weighted by Gasteiger charge is 2.31. The van der Waals surface area contributed by atoms with Gasteiger partial charge in [0.05, 0.1) is 24.3 Å². The largest absolute Gasteiger partial charge is 0.497 e. The Hall–Kier alpha value is -3.48. The lowest BCUT2D eigenvalue weighted by Crippen LogP contribution is -2.35. The molecule has 0 aromatic heterocycles. The molecule has 13 heteroatoms. The smallest absolute Gasteiger partial charge is 0.318 e. The molecule has 0 aliphatic carbocycles. The van der Waals surface area contributed by atoms with Crippen LogP contribution in [-0.4, -0.2) is 44.6 Å². The van der Waals surface area contributed by atoms with Crippen molar-refractivity contribution in [2.75, 3.05) is 20.8 Å². The molecule has 0 spiro atoms. The summed E-state index contributed by atoms with van der Waals surface area (Å²) in [5.74, 6) is 0.0749. The van der Waals surface area contributed by atoms with Crippen LogP contribution in [0.1, 0.15) is 11.1 Å². The van der Waals surface area contributed by atoms with Crippen LogP contribution in [0.4, 0.5) is 0 Å². The number of halogens is 3. The van der Waals surface area contributed by atoms with E-state index in [0.29, 0.717) is 21.5 Å². The normalized spacial score (nSPS) is 11.3. The fraction of sp³-hybridized carbons (Fsp3) is 0.167. The van der Waals surface area contributed by atoms with Crippen LogP contribution in [0.5, 0.6) is 28.7 Å². The van der Waals surface area contributed by atoms with E-state index >= 15 is 0 Å². The van der Waals surface area contributed by atoms with Crippen LogP contribution in [-0.2, 0) is 28.0 Å². The van der Waals surface area contributed by atoms with Crippen LogP contribution in [0.25, 0.3) is 0 Å². The van der Waals surface area contributed by atoms with E-state index in [1.165, 1.54) is 25.3 Å². The molecule has 0 atom stereocenters. The molecule has 43 heavy (non-hydrogen) atoms. The summed E-state index contributed by atoms with van der Waals surface area (Å²) in [5, 5.41) is 10.0. The number of aliphatic carboxylic acids is 1. The van der Waals surface area contributed by atoms with Crippen LogP contribution in [0, 0.1) is 0 Å². The molecule has 4 aromatic rings. The zero-order valence-electron chi connectivity index (χ0n) is 22.9. The highest BCUT2D eigenvalue weighted by atomic mass is 79.9. The molecular formula is C30H26BrCl2NO8S. The molecule has 226 valence electrons. The lowest BCUT2D eigenvalue weighted by molar-refractivity contribution is -0.137. The molecule has 0 heterocycles. The number of sulfonamides is 1. The highest BCUT2D eigenvalue weighted by Crippen LogP contribution is 2.40. The fourth-order valence-corrected chi connectivity index (χ4v) is 6.76. The highest BCUT2D eigenvalue weighted by molar-refractivity contribution is 9.10. The van der Waals surface area contributed by atoms with Gasteiger partial charge in [-0.3, -0.25) is 4.79 Å². The molecule has 4 aromatic carbocycles. The molecule has 0 saturated heterocycles. The summed E-state index contributed by atoms with van der Waals surface area (Å²) in [5.41, 5.74) is 1.30. The van der Waals surface area contributed by atoms with Gasteiger partial charge in [-0.2, -0.15) is 4.31 Å². The SMILES string of the molecule is COc1ccc(COc2ccc(Oc3c(Cl)cc(Br)cc3Cl)cc2S(=O)(=O)N(CC(=O)O)Cc2ccc(OC)cc2)cc1. The van der Waals surface area contributed by atoms with Gasteiger partial charge in [-0.25, -0.2) is 8.42 Å². The van der Waals surface area contributed by atoms with Crippen LogP contribution in [0.15, 0.2) is 88.2 Å². The number of methoxy groups -OCH3 is 2. The second-order valence-corrected chi connectivity index (χ2v) is 12.7. The first-order valence-electron chi connectivity index (χ1n) is 12.6. The number of carboxylic acids is 1. The van der Waals surface area contributed by atoms with Gasteiger partial charge in [0, 0.05) is 17.1 Å². The molecule has 0 radical (unpaired) electrons. The van der Waals surface area contributed by atoms with Crippen LogP contribution in [0.2, 0.25) is 10.0 Å². The zero-order chi connectivity index (χ0) is 31.1. The van der Waals surface area contributed by atoms with E-state index in [1.807, 2.05) is 0 Å². The summed E-state index contributed by atoms with van der Waals surface area (Å²) < 4.78 is 51.9. The summed E-state index contributed by atoms with van der Waals surface area (Å²) in [7, 11) is -1.42. The number of benzene rings is 4. The summed E-state index contributed by atoms with van der Waals surface area (Å²) >= 11 is 16.0. The maximum atomic E-state index is 14.1. The van der Waals surface area contributed by atoms with E-state index in [9.17, 15) is 18.3 Å². The lowest BCUT2D eigenvalue weighted by atomic mass is 10.2. The minimum Gasteiger partial charge on any atom is -0.497 e. The Kier molecular flexibility index (Phi) is 10.8. The molecule has 0 saturated carbocycles. The number of carbonyl (C=O) groups is 1. The summed E-state index contributed by atoms with van der Waals surface area (Å²) in [6.45, 7) is -1.01. The molecular weight excluding hydrogens is 685 g/mol. The Morgan fingerprint density at radius 1 is 0.837 bits per heavy atom. The molecule has 9 nitrogen and oxygen atoms in total. The average molecular weight is 711 g/mol. The van der Waals surface area contributed by atoms with Crippen molar-refractivity contribution in [3.63, 3.8) is 0 Å². The third-order valence-electron chi connectivity index (χ3n) is 6.10. The van der Waals surface area contributed by atoms with Gasteiger partial charge < -0.3 is 24.1 Å². The van der Waals surface area contributed by atoms with E-state index in [1.54, 1.807) is 67.8 Å². The first kappa shape index (κ1) is 32.4. The average Bonchev–Trinajstić information content (AvgIpc) is 2.98. The number of ether oxygens (including phenoxy) is 4. The minimum absolute atomic E-state index is 0.0127. The fourth-order valence-electron chi connectivity index (χ4n) is 3.95. The molecule has 0 amide bonds. The van der Waals surface area contributed by atoms with E-state index < -0.39 is 22.5 Å². The van der Waals surface area contributed by atoms with Crippen molar-refractivity contribution in [1.82, 2.24) is 4.31 Å². The molecule has 0 fully saturated rings. The Morgan fingerprint density at radius 3 is 1.91 bits per heavy atom. The van der Waals surface area contributed by atoms with Gasteiger partial charge in [0.1, 0.15) is 41.0 Å². The third-order valence-corrected chi connectivity index (χ3v) is 8.93. The standard InChI is InChI=1S/C30H26BrCl2NO8S/c1-39-22-7-3-19(4-8-22)16-34(17-29(35)36)43(37,38)28-15-24(42-30-25(32)13-21(31)14-26(30)33)11-12-27(28)41-18-20-5-9-23(40-2)10-6-20/h3-15H,16-18H2,1-2H3,(H,35,36). The molecule has 1 N–H and O–H groups in total. The van der Waals surface area contributed by atoms with Gasteiger partial charge in [-0.15, -0.1) is 0 Å². The molecule has 4 rings (SSSR count). The molecule has 0 bridgehead atoms. The second-order valence-electron chi connectivity index (χ2n) is 9.06. The topological polar surface area (TPSA) is 112 Å². The second kappa shape index (κ2) is 14.3. The van der Waals surface area contributed by atoms with Gasteiger partial charge in [0.15, 0.2) is 5.75 Å². The van der Waals surface area contributed by atoms with Crippen LogP contribution >= 0.6 is 39.1 Å². The molecule has 0 unspecified atom stereocenters. The van der Waals surface area contributed by atoms with Crippen molar-refractivity contribution in [2.45, 2.75) is 18.0 Å². The quantitative estimate of drug-likeness (QED) is 0.153. The van der Waals surface area contributed by atoms with Gasteiger partial charge in [0.2, 0.25) is 10.0 Å². The lowest BCUT2D eigenvalue weighted by Gasteiger charge is -2.23. The van der Waals surface area contributed by atoms with Gasteiger partial charge in [-0.1, -0.05) is 63.4 Å². The number of nitrogens with zero attached hydrogens (tertiary/aromatic N) is 1. The monoisotopic (exact) mass is 709 g/mol. The number of hydrogen-bond acceptors (Lipinski definition) is 7. The first-order valence-corrected chi connectivity index (χ1v) is 15.6. The summed E-state index contributed by atoms with van der Waals surface area (Å²) in [6.07, 6.45) is 0. The molecule has 0 aliphatic heterocycles. The van der Waals surface area contributed by atoms with Crippen molar-refractivity contribution >= 4 is 55.1 Å². The van der Waals surface area contributed by atoms with E-state index in [0.717, 1.165) is 9.87 Å².